The van der Waals surface area contributed by atoms with Crippen LogP contribution in [-0.4, -0.2) is 12.5 Å². The lowest BCUT2D eigenvalue weighted by atomic mass is 9.95. The van der Waals surface area contributed by atoms with Gasteiger partial charge in [0.2, 0.25) is 0 Å². The second kappa shape index (κ2) is 5.41. The lowest BCUT2D eigenvalue weighted by Gasteiger charge is -2.21. The number of aryl methyl sites for hydroxylation is 2. The van der Waals surface area contributed by atoms with Crippen molar-refractivity contribution in [3.63, 3.8) is 0 Å². The molecule has 1 aliphatic heterocycles. The Morgan fingerprint density at radius 2 is 1.90 bits per heavy atom. The standard InChI is InChI=1S/C17H16ClNO2/c1-10-4-3-5-11(2)16(10)17(18)12-6-7-14-13(8-12)19-15(20)9-21-14/h3-8,17H,9H2,1-2H3,(H,19,20). The van der Waals surface area contributed by atoms with E-state index in [2.05, 4.69) is 31.3 Å². The first kappa shape index (κ1) is 14.0. The molecule has 3 nitrogen and oxygen atoms in total. The molecule has 0 spiro atoms. The average Bonchev–Trinajstić information content (AvgIpc) is 2.46. The maximum atomic E-state index is 11.4. The summed E-state index contributed by atoms with van der Waals surface area (Å²) in [5.74, 6) is 0.543. The molecule has 4 heteroatoms. The molecule has 0 aliphatic carbocycles. The molecule has 1 unspecified atom stereocenters. The summed E-state index contributed by atoms with van der Waals surface area (Å²) in [4.78, 5) is 11.4. The van der Waals surface area contributed by atoms with Crippen LogP contribution < -0.4 is 10.1 Å². The van der Waals surface area contributed by atoms with Crippen LogP contribution in [0.2, 0.25) is 0 Å². The predicted octanol–water partition coefficient (Wildman–Crippen LogP) is 3.96. The minimum absolute atomic E-state index is 0.0630. The van der Waals surface area contributed by atoms with Crippen molar-refractivity contribution in [3.8, 4) is 5.75 Å². The fraction of sp³-hybridized carbons (Fsp3) is 0.235. The lowest BCUT2D eigenvalue weighted by Crippen LogP contribution is -2.25. The summed E-state index contributed by atoms with van der Waals surface area (Å²) in [6.07, 6.45) is 0. The molecule has 1 N–H and O–H groups in total. The highest BCUT2D eigenvalue weighted by Gasteiger charge is 2.20. The molecule has 0 radical (unpaired) electrons. The Morgan fingerprint density at radius 1 is 1.19 bits per heavy atom. The topological polar surface area (TPSA) is 38.3 Å². The highest BCUT2D eigenvalue weighted by atomic mass is 35.5. The molecule has 3 rings (SSSR count). The van der Waals surface area contributed by atoms with Crippen molar-refractivity contribution >= 4 is 23.2 Å². The number of halogens is 1. The molecule has 2 aromatic rings. The maximum Gasteiger partial charge on any atom is 0.262 e. The van der Waals surface area contributed by atoms with E-state index < -0.39 is 0 Å². The lowest BCUT2D eigenvalue weighted by molar-refractivity contribution is -0.118. The fourth-order valence-corrected chi connectivity index (χ4v) is 3.13. The van der Waals surface area contributed by atoms with Gasteiger partial charge in [-0.3, -0.25) is 4.79 Å². The van der Waals surface area contributed by atoms with E-state index in [1.807, 2.05) is 24.3 Å². The van der Waals surface area contributed by atoms with E-state index in [0.29, 0.717) is 11.4 Å². The number of rotatable bonds is 2. The number of fused-ring (bicyclic) bond motifs is 1. The molecular weight excluding hydrogens is 286 g/mol. The quantitative estimate of drug-likeness (QED) is 0.853. The Morgan fingerprint density at radius 3 is 2.62 bits per heavy atom. The van der Waals surface area contributed by atoms with Gasteiger partial charge in [-0.05, 0) is 48.2 Å². The van der Waals surface area contributed by atoms with Crippen molar-refractivity contribution in [1.82, 2.24) is 0 Å². The van der Waals surface area contributed by atoms with Gasteiger partial charge in [0.25, 0.3) is 5.91 Å². The predicted molar refractivity (Wildman–Crippen MR) is 84.2 cm³/mol. The second-order valence-corrected chi connectivity index (χ2v) is 5.70. The molecule has 1 atom stereocenters. The van der Waals surface area contributed by atoms with Gasteiger partial charge in [0.15, 0.2) is 6.61 Å². The van der Waals surface area contributed by atoms with Crippen LogP contribution in [0.1, 0.15) is 27.6 Å². The summed E-state index contributed by atoms with van der Waals surface area (Å²) in [5, 5.41) is 2.56. The molecule has 1 heterocycles. The van der Waals surface area contributed by atoms with Crippen LogP contribution in [0.4, 0.5) is 5.69 Å². The number of alkyl halides is 1. The third-order valence-corrected chi connectivity index (χ3v) is 4.19. The molecular formula is C17H16ClNO2. The van der Waals surface area contributed by atoms with Gasteiger partial charge in [0.05, 0.1) is 11.1 Å². The monoisotopic (exact) mass is 301 g/mol. The average molecular weight is 302 g/mol. The molecule has 0 bridgehead atoms. The minimum Gasteiger partial charge on any atom is -0.482 e. The number of nitrogens with one attached hydrogen (secondary N) is 1. The molecule has 2 aromatic carbocycles. The molecule has 0 aromatic heterocycles. The number of hydrogen-bond donors (Lipinski definition) is 1. The van der Waals surface area contributed by atoms with E-state index in [1.54, 1.807) is 0 Å². The van der Waals surface area contributed by atoms with E-state index in [4.69, 9.17) is 16.3 Å². The zero-order chi connectivity index (χ0) is 15.0. The molecule has 108 valence electrons. The molecule has 21 heavy (non-hydrogen) atoms. The van der Waals surface area contributed by atoms with Crippen molar-refractivity contribution in [2.75, 3.05) is 11.9 Å². The Bertz CT molecular complexity index is 692. The maximum absolute atomic E-state index is 11.4. The summed E-state index contributed by atoms with van der Waals surface area (Å²) < 4.78 is 5.37. The first-order valence-electron chi connectivity index (χ1n) is 6.83. The van der Waals surface area contributed by atoms with Crippen molar-refractivity contribution < 1.29 is 9.53 Å². The molecule has 0 saturated carbocycles. The first-order valence-corrected chi connectivity index (χ1v) is 7.26. The SMILES string of the molecule is Cc1cccc(C)c1C(Cl)c1ccc2c(c1)NC(=O)CO2. The summed E-state index contributed by atoms with van der Waals surface area (Å²) in [6.45, 7) is 4.18. The largest absolute Gasteiger partial charge is 0.482 e. The normalized spacial score (nSPS) is 14.9. The first-order chi connectivity index (χ1) is 10.1. The third kappa shape index (κ3) is 2.61. The summed E-state index contributed by atoms with van der Waals surface area (Å²) >= 11 is 6.67. The van der Waals surface area contributed by atoms with Gasteiger partial charge in [-0.15, -0.1) is 11.6 Å². The Kier molecular flexibility index (Phi) is 3.60. The van der Waals surface area contributed by atoms with Crippen LogP contribution in [0.25, 0.3) is 0 Å². The number of anilines is 1. The highest BCUT2D eigenvalue weighted by molar-refractivity contribution is 6.23. The Labute approximate surface area is 128 Å². The van der Waals surface area contributed by atoms with Crippen LogP contribution in [0.3, 0.4) is 0 Å². The fourth-order valence-electron chi connectivity index (χ4n) is 2.65. The van der Waals surface area contributed by atoms with E-state index in [1.165, 1.54) is 0 Å². The van der Waals surface area contributed by atoms with Crippen LogP contribution >= 0.6 is 11.6 Å². The summed E-state index contributed by atoms with van der Waals surface area (Å²) in [6, 6.07) is 11.8. The number of carbonyl (C=O) groups is 1. The van der Waals surface area contributed by atoms with Gasteiger partial charge < -0.3 is 10.1 Å². The van der Waals surface area contributed by atoms with Gasteiger partial charge in [-0.1, -0.05) is 24.3 Å². The number of hydrogen-bond acceptors (Lipinski definition) is 2. The van der Waals surface area contributed by atoms with Crippen LogP contribution in [0.15, 0.2) is 36.4 Å². The zero-order valence-electron chi connectivity index (χ0n) is 11.9. The summed E-state index contributed by atoms with van der Waals surface area (Å²) in [7, 11) is 0. The molecule has 1 aliphatic rings. The number of amides is 1. The minimum atomic E-state index is -0.254. The second-order valence-electron chi connectivity index (χ2n) is 5.26. The molecule has 0 saturated heterocycles. The van der Waals surface area contributed by atoms with Gasteiger partial charge >= 0.3 is 0 Å². The van der Waals surface area contributed by atoms with Gasteiger partial charge in [-0.25, -0.2) is 0 Å². The number of ether oxygens (including phenoxy) is 1. The van der Waals surface area contributed by atoms with Gasteiger partial charge in [-0.2, -0.15) is 0 Å². The van der Waals surface area contributed by atoms with Crippen LogP contribution in [-0.2, 0) is 4.79 Å². The number of benzene rings is 2. The Hall–Kier alpha value is -2.00. The smallest absolute Gasteiger partial charge is 0.262 e. The van der Waals surface area contributed by atoms with Gasteiger partial charge in [0.1, 0.15) is 5.75 Å². The third-order valence-electron chi connectivity index (χ3n) is 3.72. The van der Waals surface area contributed by atoms with E-state index in [9.17, 15) is 4.79 Å². The van der Waals surface area contributed by atoms with Crippen molar-refractivity contribution in [2.45, 2.75) is 19.2 Å². The van der Waals surface area contributed by atoms with Crippen LogP contribution in [0.5, 0.6) is 5.75 Å². The van der Waals surface area contributed by atoms with E-state index >= 15 is 0 Å². The zero-order valence-corrected chi connectivity index (χ0v) is 12.7. The van der Waals surface area contributed by atoms with E-state index in [-0.39, 0.29) is 17.9 Å². The summed E-state index contributed by atoms with van der Waals surface area (Å²) in [5.41, 5.74) is 5.06. The highest BCUT2D eigenvalue weighted by Crippen LogP contribution is 2.37. The van der Waals surface area contributed by atoms with Crippen LogP contribution in [0, 0.1) is 13.8 Å². The van der Waals surface area contributed by atoms with E-state index in [0.717, 1.165) is 22.3 Å². The molecule has 1 amide bonds. The van der Waals surface area contributed by atoms with Crippen molar-refractivity contribution in [1.29, 1.82) is 0 Å². The van der Waals surface area contributed by atoms with Gasteiger partial charge in [0, 0.05) is 0 Å². The Balaban J connectivity index is 2.01. The van der Waals surface area contributed by atoms with Crippen molar-refractivity contribution in [2.24, 2.45) is 0 Å². The molecule has 0 fully saturated rings. The number of carbonyl (C=O) groups excluding carboxylic acids is 1. The van der Waals surface area contributed by atoms with Crippen molar-refractivity contribution in [3.05, 3.63) is 58.7 Å².